The molecule has 1 amide bonds. The summed E-state index contributed by atoms with van der Waals surface area (Å²) in [4.78, 5) is 23.0. The highest BCUT2D eigenvalue weighted by atomic mass is 19.4. The largest absolute Gasteiger partial charge is 0.484 e. The number of alkyl halides is 3. The summed E-state index contributed by atoms with van der Waals surface area (Å²) in [6.07, 6.45) is -3.97. The third-order valence-electron chi connectivity index (χ3n) is 3.89. The lowest BCUT2D eigenvalue weighted by Gasteiger charge is -2.10. The second-order valence-corrected chi connectivity index (χ2v) is 6.15. The van der Waals surface area contributed by atoms with Crippen LogP contribution in [0.1, 0.15) is 16.8 Å². The summed E-state index contributed by atoms with van der Waals surface area (Å²) >= 11 is 0. The molecule has 0 spiro atoms. The maximum Gasteiger partial charge on any atom is 0.416 e. The van der Waals surface area contributed by atoms with Gasteiger partial charge in [-0.25, -0.2) is 5.10 Å². The topological polar surface area (TPSA) is 84.1 Å². The number of hydrogen-bond acceptors (Lipinski definition) is 4. The quantitative estimate of drug-likeness (QED) is 0.661. The number of halogens is 3. The second-order valence-electron chi connectivity index (χ2n) is 6.15. The SMILES string of the molecule is O=C(COc1cccc(Cc2ccc(=O)[nH]n2)c1)Nc1ccc(C(F)(F)F)cc1. The highest BCUT2D eigenvalue weighted by molar-refractivity contribution is 5.91. The van der Waals surface area contributed by atoms with E-state index in [1.54, 1.807) is 24.3 Å². The predicted octanol–water partition coefficient (Wildman–Crippen LogP) is 3.40. The molecule has 2 aromatic carbocycles. The molecule has 150 valence electrons. The minimum Gasteiger partial charge on any atom is -0.484 e. The molecule has 9 heteroatoms. The van der Waals surface area contributed by atoms with E-state index >= 15 is 0 Å². The van der Waals surface area contributed by atoms with Crippen molar-refractivity contribution in [2.75, 3.05) is 11.9 Å². The Bertz CT molecular complexity index is 1030. The predicted molar refractivity (Wildman–Crippen MR) is 99.7 cm³/mol. The fourth-order valence-corrected chi connectivity index (χ4v) is 2.51. The summed E-state index contributed by atoms with van der Waals surface area (Å²) in [5, 5.41) is 8.77. The van der Waals surface area contributed by atoms with Crippen molar-refractivity contribution in [2.45, 2.75) is 12.6 Å². The standard InChI is InChI=1S/C20H16F3N3O3/c21-20(22,23)14-4-6-15(7-5-14)24-19(28)12-29-17-3-1-2-13(11-17)10-16-8-9-18(27)26-25-16/h1-9,11H,10,12H2,(H,24,28)(H,26,27). The van der Waals surface area contributed by atoms with Crippen LogP contribution in [-0.4, -0.2) is 22.7 Å². The van der Waals surface area contributed by atoms with Crippen molar-refractivity contribution in [2.24, 2.45) is 0 Å². The summed E-state index contributed by atoms with van der Waals surface area (Å²) in [7, 11) is 0. The molecule has 6 nitrogen and oxygen atoms in total. The summed E-state index contributed by atoms with van der Waals surface area (Å²) in [5.74, 6) is -0.0491. The van der Waals surface area contributed by atoms with Crippen molar-refractivity contribution >= 4 is 11.6 Å². The molecule has 0 atom stereocenters. The van der Waals surface area contributed by atoms with Gasteiger partial charge in [0.1, 0.15) is 5.75 Å². The molecule has 0 radical (unpaired) electrons. The van der Waals surface area contributed by atoms with E-state index in [0.29, 0.717) is 17.9 Å². The molecular weight excluding hydrogens is 387 g/mol. The van der Waals surface area contributed by atoms with Gasteiger partial charge in [-0.2, -0.15) is 18.3 Å². The first kappa shape index (κ1) is 20.1. The van der Waals surface area contributed by atoms with Crippen molar-refractivity contribution in [3.05, 3.63) is 87.8 Å². The normalized spacial score (nSPS) is 11.1. The van der Waals surface area contributed by atoms with Gasteiger partial charge in [0.15, 0.2) is 6.61 Å². The Balaban J connectivity index is 1.54. The van der Waals surface area contributed by atoms with Crippen molar-refractivity contribution in [1.82, 2.24) is 10.2 Å². The average Bonchev–Trinajstić information content (AvgIpc) is 2.68. The van der Waals surface area contributed by atoms with Crippen LogP contribution in [0.15, 0.2) is 65.5 Å². The van der Waals surface area contributed by atoms with Crippen LogP contribution in [-0.2, 0) is 17.4 Å². The lowest BCUT2D eigenvalue weighted by Crippen LogP contribution is -2.20. The van der Waals surface area contributed by atoms with E-state index in [9.17, 15) is 22.8 Å². The first-order valence-corrected chi connectivity index (χ1v) is 8.53. The number of hydrogen-bond donors (Lipinski definition) is 2. The minimum atomic E-state index is -4.43. The molecule has 29 heavy (non-hydrogen) atoms. The van der Waals surface area contributed by atoms with Crippen LogP contribution in [0.4, 0.5) is 18.9 Å². The Labute approximate surface area is 163 Å². The number of benzene rings is 2. The van der Waals surface area contributed by atoms with Gasteiger partial charge in [-0.15, -0.1) is 0 Å². The molecule has 3 rings (SSSR count). The maximum atomic E-state index is 12.6. The zero-order chi connectivity index (χ0) is 20.9. The van der Waals surface area contributed by atoms with Gasteiger partial charge in [0.25, 0.3) is 11.5 Å². The van der Waals surface area contributed by atoms with Crippen molar-refractivity contribution < 1.29 is 22.7 Å². The van der Waals surface area contributed by atoms with Gasteiger partial charge in [0, 0.05) is 18.2 Å². The molecular formula is C20H16F3N3O3. The molecule has 3 aromatic rings. The van der Waals surface area contributed by atoms with E-state index in [4.69, 9.17) is 4.74 Å². The van der Waals surface area contributed by atoms with E-state index in [1.165, 1.54) is 18.2 Å². The van der Waals surface area contributed by atoms with Crippen LogP contribution >= 0.6 is 0 Å². The smallest absolute Gasteiger partial charge is 0.416 e. The molecule has 0 saturated carbocycles. The number of aromatic nitrogens is 2. The number of nitrogens with zero attached hydrogens (tertiary/aromatic N) is 1. The molecule has 1 heterocycles. The average molecular weight is 403 g/mol. The fourth-order valence-electron chi connectivity index (χ4n) is 2.51. The number of rotatable bonds is 6. The van der Waals surface area contributed by atoms with Gasteiger partial charge in [0.2, 0.25) is 0 Å². The van der Waals surface area contributed by atoms with Crippen LogP contribution in [0, 0.1) is 0 Å². The molecule has 0 bridgehead atoms. The van der Waals surface area contributed by atoms with Gasteiger partial charge in [-0.3, -0.25) is 9.59 Å². The zero-order valence-electron chi connectivity index (χ0n) is 15.0. The zero-order valence-corrected chi connectivity index (χ0v) is 15.0. The second kappa shape index (κ2) is 8.59. The highest BCUT2D eigenvalue weighted by Gasteiger charge is 2.29. The van der Waals surface area contributed by atoms with E-state index in [-0.39, 0.29) is 17.9 Å². The van der Waals surface area contributed by atoms with E-state index in [2.05, 4.69) is 15.5 Å². The molecule has 0 saturated heterocycles. The Hall–Kier alpha value is -3.62. The van der Waals surface area contributed by atoms with Gasteiger partial charge in [-0.1, -0.05) is 12.1 Å². The summed E-state index contributed by atoms with van der Waals surface area (Å²) in [6.45, 7) is -0.304. The van der Waals surface area contributed by atoms with E-state index in [0.717, 1.165) is 17.7 Å². The number of nitrogens with one attached hydrogen (secondary N) is 2. The summed E-state index contributed by atoms with van der Waals surface area (Å²) < 4.78 is 43.1. The number of carbonyl (C=O) groups is 1. The number of anilines is 1. The monoisotopic (exact) mass is 403 g/mol. The third kappa shape index (κ3) is 5.93. The Morgan fingerprint density at radius 3 is 2.48 bits per heavy atom. The Kier molecular flexibility index (Phi) is 5.96. The summed E-state index contributed by atoms with van der Waals surface area (Å²) in [5.41, 5.74) is 0.696. The number of carbonyl (C=O) groups excluding carboxylic acids is 1. The van der Waals surface area contributed by atoms with Gasteiger partial charge in [0.05, 0.1) is 11.3 Å². The molecule has 0 aliphatic heterocycles. The van der Waals surface area contributed by atoms with Gasteiger partial charge < -0.3 is 10.1 Å². The number of aromatic amines is 1. The minimum absolute atomic E-state index is 0.240. The molecule has 0 aliphatic rings. The van der Waals surface area contributed by atoms with Crippen LogP contribution in [0.2, 0.25) is 0 Å². The van der Waals surface area contributed by atoms with E-state index < -0.39 is 17.6 Å². The molecule has 1 aromatic heterocycles. The molecule has 0 unspecified atom stereocenters. The number of ether oxygens (including phenoxy) is 1. The fraction of sp³-hybridized carbons (Fsp3) is 0.150. The maximum absolute atomic E-state index is 12.6. The van der Waals surface area contributed by atoms with E-state index in [1.807, 2.05) is 6.07 Å². The Morgan fingerprint density at radius 1 is 1.07 bits per heavy atom. The number of amides is 1. The lowest BCUT2D eigenvalue weighted by molar-refractivity contribution is -0.137. The number of H-pyrrole nitrogens is 1. The van der Waals surface area contributed by atoms with Crippen molar-refractivity contribution in [1.29, 1.82) is 0 Å². The van der Waals surface area contributed by atoms with Gasteiger partial charge >= 0.3 is 6.18 Å². The first-order chi connectivity index (χ1) is 13.8. The third-order valence-corrected chi connectivity index (χ3v) is 3.89. The van der Waals surface area contributed by atoms with Crippen molar-refractivity contribution in [3.8, 4) is 5.75 Å². The lowest BCUT2D eigenvalue weighted by atomic mass is 10.1. The van der Waals surface area contributed by atoms with Crippen LogP contribution in [0.5, 0.6) is 5.75 Å². The molecule has 2 N–H and O–H groups in total. The molecule has 0 aliphatic carbocycles. The Morgan fingerprint density at radius 2 is 1.83 bits per heavy atom. The highest BCUT2D eigenvalue weighted by Crippen LogP contribution is 2.29. The summed E-state index contributed by atoms with van der Waals surface area (Å²) in [6, 6.07) is 14.2. The van der Waals surface area contributed by atoms with Crippen LogP contribution < -0.4 is 15.6 Å². The molecule has 0 fully saturated rings. The van der Waals surface area contributed by atoms with Crippen molar-refractivity contribution in [3.63, 3.8) is 0 Å². The van der Waals surface area contributed by atoms with Crippen LogP contribution in [0.3, 0.4) is 0 Å². The van der Waals surface area contributed by atoms with Crippen LogP contribution in [0.25, 0.3) is 0 Å². The van der Waals surface area contributed by atoms with Gasteiger partial charge in [-0.05, 0) is 48.0 Å². The first-order valence-electron chi connectivity index (χ1n) is 8.53.